The van der Waals surface area contributed by atoms with E-state index in [2.05, 4.69) is 4.99 Å². The van der Waals surface area contributed by atoms with E-state index >= 15 is 0 Å². The fourth-order valence-corrected chi connectivity index (χ4v) is 3.67. The maximum atomic E-state index is 12.3. The molecule has 0 unspecified atom stereocenters. The topological polar surface area (TPSA) is 91.3 Å². The van der Waals surface area contributed by atoms with Gasteiger partial charge in [-0.3, -0.25) is 14.7 Å². The van der Waals surface area contributed by atoms with E-state index < -0.39 is 5.97 Å². The van der Waals surface area contributed by atoms with E-state index in [9.17, 15) is 14.7 Å². The molecule has 7 nitrogen and oxygen atoms in total. The molecule has 29 heavy (non-hydrogen) atoms. The number of likely N-dealkylation sites (N-methyl/N-ethyl adjacent to an activating group) is 1. The number of rotatable bonds is 6. The molecule has 0 N–H and O–H groups in total. The minimum Gasteiger partial charge on any atom is -0.545 e. The summed E-state index contributed by atoms with van der Waals surface area (Å²) < 4.78 is 11.2. The minimum atomic E-state index is -1.23. The number of carbonyl (C=O) groups excluding carboxylic acids is 2. The molecule has 1 amide bonds. The van der Waals surface area contributed by atoms with Gasteiger partial charge in [-0.25, -0.2) is 0 Å². The van der Waals surface area contributed by atoms with Crippen LogP contribution in [0.5, 0.6) is 11.5 Å². The largest absolute Gasteiger partial charge is 0.545 e. The zero-order valence-electron chi connectivity index (χ0n) is 16.2. The summed E-state index contributed by atoms with van der Waals surface area (Å²) in [6, 6.07) is 11.7. The summed E-state index contributed by atoms with van der Waals surface area (Å²) in [4.78, 5) is 29.4. The smallest absolute Gasteiger partial charge is 0.266 e. The van der Waals surface area contributed by atoms with Crippen molar-refractivity contribution in [1.29, 1.82) is 0 Å². The second-order valence-electron chi connectivity index (χ2n) is 6.17. The molecule has 0 bridgehead atoms. The molecule has 1 aliphatic rings. The van der Waals surface area contributed by atoms with E-state index in [-0.39, 0.29) is 18.1 Å². The van der Waals surface area contributed by atoms with Crippen LogP contribution < -0.4 is 14.6 Å². The lowest BCUT2D eigenvalue weighted by molar-refractivity contribution is -0.255. The van der Waals surface area contributed by atoms with Crippen molar-refractivity contribution >= 4 is 34.9 Å². The van der Waals surface area contributed by atoms with Crippen LogP contribution in [-0.2, 0) is 11.4 Å². The van der Waals surface area contributed by atoms with Gasteiger partial charge in [0, 0.05) is 14.1 Å². The van der Waals surface area contributed by atoms with Gasteiger partial charge >= 0.3 is 0 Å². The van der Waals surface area contributed by atoms with Crippen LogP contribution in [0.15, 0.2) is 52.4 Å². The molecule has 2 aromatic rings. The number of ether oxygens (including phenoxy) is 2. The molecule has 2 aromatic carbocycles. The zero-order chi connectivity index (χ0) is 21.0. The van der Waals surface area contributed by atoms with Crippen molar-refractivity contribution in [3.05, 3.63) is 64.1 Å². The van der Waals surface area contributed by atoms with E-state index in [4.69, 9.17) is 9.47 Å². The molecular weight excluding hydrogens is 392 g/mol. The Kier molecular flexibility index (Phi) is 6.23. The molecule has 0 atom stereocenters. The van der Waals surface area contributed by atoms with Crippen molar-refractivity contribution in [1.82, 2.24) is 4.90 Å². The summed E-state index contributed by atoms with van der Waals surface area (Å²) in [6.07, 6.45) is 1.78. The Morgan fingerprint density at radius 3 is 2.69 bits per heavy atom. The van der Waals surface area contributed by atoms with Gasteiger partial charge in [0.25, 0.3) is 5.91 Å². The summed E-state index contributed by atoms with van der Waals surface area (Å²) in [7, 11) is 4.86. The van der Waals surface area contributed by atoms with Crippen LogP contribution in [-0.4, -0.2) is 43.1 Å². The van der Waals surface area contributed by atoms with Gasteiger partial charge in [0.15, 0.2) is 16.7 Å². The molecule has 0 aliphatic carbocycles. The van der Waals surface area contributed by atoms with Gasteiger partial charge in [-0.15, -0.1) is 0 Å². The first-order valence-corrected chi connectivity index (χ1v) is 9.50. The van der Waals surface area contributed by atoms with Crippen molar-refractivity contribution in [3.8, 4) is 11.5 Å². The van der Waals surface area contributed by atoms with Crippen LogP contribution in [0.25, 0.3) is 6.08 Å². The highest BCUT2D eigenvalue weighted by Gasteiger charge is 2.29. The van der Waals surface area contributed by atoms with E-state index in [0.717, 1.165) is 5.56 Å². The average Bonchev–Trinajstić information content (AvgIpc) is 3.00. The highest BCUT2D eigenvalue weighted by Crippen LogP contribution is 2.34. The Morgan fingerprint density at radius 1 is 1.24 bits per heavy atom. The number of aliphatic imine (C=N–C) groups is 1. The fraction of sp³-hybridized carbons (Fsp3) is 0.190. The molecule has 0 aromatic heterocycles. The summed E-state index contributed by atoms with van der Waals surface area (Å²) in [5.41, 5.74) is 1.58. The fourth-order valence-electron chi connectivity index (χ4n) is 2.74. The monoisotopic (exact) mass is 411 g/mol. The first-order chi connectivity index (χ1) is 13.9. The number of amidine groups is 1. The third kappa shape index (κ3) is 4.60. The first-order valence-electron chi connectivity index (χ1n) is 8.68. The second kappa shape index (κ2) is 8.83. The summed E-state index contributed by atoms with van der Waals surface area (Å²) >= 11 is 1.31. The quantitative estimate of drug-likeness (QED) is 0.677. The lowest BCUT2D eigenvalue weighted by atomic mass is 10.1. The number of carboxylic acids is 1. The lowest BCUT2D eigenvalue weighted by Crippen LogP contribution is -2.23. The molecule has 0 radical (unpaired) electrons. The molecule has 1 fully saturated rings. The molecule has 3 rings (SSSR count). The SMILES string of the molecule is CN=C1S/C(=C\c2ccc(OCc3cccc(C(=O)[O-])c3)c(OC)c2)C(=O)N1C. The standard InChI is InChI=1S/C21H20N2O5S/c1-22-21-23(2)19(24)18(29-21)11-13-7-8-16(17(10-13)27-3)28-12-14-5-4-6-15(9-14)20(25)26/h4-11H,12H2,1-3H3,(H,25,26)/p-1/b18-11-,22-21?. The van der Waals surface area contributed by atoms with Crippen LogP contribution in [0, 0.1) is 0 Å². The van der Waals surface area contributed by atoms with Crippen molar-refractivity contribution in [3.63, 3.8) is 0 Å². The first kappa shape index (κ1) is 20.5. The average molecular weight is 411 g/mol. The molecule has 150 valence electrons. The Morgan fingerprint density at radius 2 is 2.03 bits per heavy atom. The molecule has 8 heteroatoms. The molecule has 0 spiro atoms. The highest BCUT2D eigenvalue weighted by atomic mass is 32.2. The normalized spacial score (nSPS) is 16.5. The van der Waals surface area contributed by atoms with E-state index in [1.807, 2.05) is 6.07 Å². The summed E-state index contributed by atoms with van der Waals surface area (Å²) in [5.74, 6) is -0.332. The number of carboxylic acid groups (broad SMARTS) is 1. The number of hydrogen-bond donors (Lipinski definition) is 0. The molecule has 0 saturated carbocycles. The number of carbonyl (C=O) groups is 2. The van der Waals surface area contributed by atoms with Gasteiger partial charge in [0.1, 0.15) is 6.61 Å². The van der Waals surface area contributed by atoms with Crippen LogP contribution in [0.2, 0.25) is 0 Å². The van der Waals surface area contributed by atoms with Gasteiger partial charge in [-0.05, 0) is 52.7 Å². The Balaban J connectivity index is 1.77. The number of aromatic carboxylic acids is 1. The predicted molar refractivity (Wildman–Crippen MR) is 110 cm³/mol. The Labute approximate surface area is 172 Å². The lowest BCUT2D eigenvalue weighted by Gasteiger charge is -2.12. The zero-order valence-corrected chi connectivity index (χ0v) is 17.0. The van der Waals surface area contributed by atoms with Gasteiger partial charge in [0.2, 0.25) is 0 Å². The maximum absolute atomic E-state index is 12.3. The van der Waals surface area contributed by atoms with Crippen molar-refractivity contribution in [2.75, 3.05) is 21.2 Å². The van der Waals surface area contributed by atoms with Gasteiger partial charge in [0.05, 0.1) is 18.0 Å². The maximum Gasteiger partial charge on any atom is 0.266 e. The highest BCUT2D eigenvalue weighted by molar-refractivity contribution is 8.18. The molecule has 1 aliphatic heterocycles. The van der Waals surface area contributed by atoms with E-state index in [0.29, 0.717) is 27.1 Å². The molecule has 1 saturated heterocycles. The van der Waals surface area contributed by atoms with Gasteiger partial charge in [-0.1, -0.05) is 24.3 Å². The van der Waals surface area contributed by atoms with Gasteiger partial charge < -0.3 is 19.4 Å². The third-order valence-corrected chi connectivity index (χ3v) is 5.39. The van der Waals surface area contributed by atoms with Crippen LogP contribution in [0.4, 0.5) is 0 Å². The number of nitrogens with zero attached hydrogens (tertiary/aromatic N) is 2. The second-order valence-corrected chi connectivity index (χ2v) is 7.18. The number of hydrogen-bond acceptors (Lipinski definition) is 7. The number of methoxy groups -OCH3 is 1. The Bertz CT molecular complexity index is 1020. The number of amides is 1. The van der Waals surface area contributed by atoms with Crippen molar-refractivity contribution in [2.24, 2.45) is 4.99 Å². The van der Waals surface area contributed by atoms with Gasteiger partial charge in [-0.2, -0.15) is 0 Å². The minimum absolute atomic E-state index is 0.0960. The Hall–Kier alpha value is -3.26. The summed E-state index contributed by atoms with van der Waals surface area (Å²) in [6.45, 7) is 0.174. The van der Waals surface area contributed by atoms with E-state index in [1.165, 1.54) is 35.9 Å². The number of thioether (sulfide) groups is 1. The van der Waals surface area contributed by atoms with E-state index in [1.54, 1.807) is 44.4 Å². The molecular formula is C21H19N2O5S-. The predicted octanol–water partition coefficient (Wildman–Crippen LogP) is 2.17. The van der Waals surface area contributed by atoms with Crippen LogP contribution in [0.1, 0.15) is 21.5 Å². The third-order valence-electron chi connectivity index (χ3n) is 4.24. The number of benzene rings is 2. The van der Waals surface area contributed by atoms with Crippen LogP contribution in [0.3, 0.4) is 0 Å². The van der Waals surface area contributed by atoms with Crippen LogP contribution >= 0.6 is 11.8 Å². The van der Waals surface area contributed by atoms with Crippen molar-refractivity contribution < 1.29 is 24.2 Å². The summed E-state index contributed by atoms with van der Waals surface area (Å²) in [5, 5.41) is 11.6. The molecule has 1 heterocycles. The van der Waals surface area contributed by atoms with Crippen molar-refractivity contribution in [2.45, 2.75) is 6.61 Å².